The Kier molecular flexibility index (Phi) is 22.6. The first-order valence-electron chi connectivity index (χ1n) is 23.8. The molecule has 7 amide bonds. The number of hydrogen-bond acceptors (Lipinski definition) is 13. The fourth-order valence-electron chi connectivity index (χ4n) is 8.19. The fourth-order valence-corrected chi connectivity index (χ4v) is 8.19. The van der Waals surface area contributed by atoms with Crippen LogP contribution in [0.15, 0.2) is 24.3 Å². The third-order valence-corrected chi connectivity index (χ3v) is 12.2. The van der Waals surface area contributed by atoms with Gasteiger partial charge in [0.15, 0.2) is 0 Å². The predicted octanol–water partition coefficient (Wildman–Crippen LogP) is 0.717. The lowest BCUT2D eigenvalue weighted by Crippen LogP contribution is -2.65. The number of carboxylic acids is 1. The van der Waals surface area contributed by atoms with Gasteiger partial charge in [-0.3, -0.25) is 38.4 Å². The van der Waals surface area contributed by atoms with Crippen molar-refractivity contribution in [1.82, 2.24) is 36.4 Å². The molecule has 68 heavy (non-hydrogen) atoms. The zero-order chi connectivity index (χ0) is 50.8. The number of likely N-dealkylation sites (N-methyl/N-ethyl adjacent to an activating group) is 1. The number of unbranched alkanes of at least 4 members (excludes halogenated alkanes) is 3. The molecule has 21 nitrogen and oxygen atoms in total. The van der Waals surface area contributed by atoms with Gasteiger partial charge in [-0.05, 0) is 94.4 Å². The first-order valence-corrected chi connectivity index (χ1v) is 23.8. The molecule has 2 aliphatic heterocycles. The Morgan fingerprint density at radius 2 is 1.54 bits per heavy atom. The maximum absolute atomic E-state index is 14.8. The number of carbonyl (C=O) groups is 9. The summed E-state index contributed by atoms with van der Waals surface area (Å²) >= 11 is 0. The molecule has 9 atom stereocenters. The lowest BCUT2D eigenvalue weighted by atomic mass is 9.94. The average Bonchev–Trinajstić information content (AvgIpc) is 3.27. The van der Waals surface area contributed by atoms with Crippen molar-refractivity contribution in [3.05, 3.63) is 29.8 Å². The van der Waals surface area contributed by atoms with Crippen molar-refractivity contribution < 1.29 is 63.2 Å². The van der Waals surface area contributed by atoms with Crippen molar-refractivity contribution >= 4 is 53.3 Å². The van der Waals surface area contributed by atoms with Gasteiger partial charge in [0.1, 0.15) is 60.4 Å². The molecule has 9 unspecified atom stereocenters. The molecule has 2 fully saturated rings. The summed E-state index contributed by atoms with van der Waals surface area (Å²) in [5.41, 5.74) is 6.27. The number of nitrogens with two attached hydrogens (primary N) is 1. The number of cyclic esters (lactones) is 1. The van der Waals surface area contributed by atoms with E-state index in [1.54, 1.807) is 26.0 Å². The number of aliphatic hydroxyl groups is 1. The Morgan fingerprint density at radius 3 is 2.15 bits per heavy atom. The minimum Gasteiger partial charge on any atom is -0.508 e. The molecule has 10 N–H and O–H groups in total. The molecule has 0 radical (unpaired) electrons. The highest BCUT2D eigenvalue weighted by atomic mass is 16.5. The van der Waals surface area contributed by atoms with Crippen LogP contribution in [0.1, 0.15) is 124 Å². The summed E-state index contributed by atoms with van der Waals surface area (Å²) in [5, 5.41) is 43.9. The second kappa shape index (κ2) is 27.2. The van der Waals surface area contributed by atoms with E-state index < -0.39 is 120 Å². The van der Waals surface area contributed by atoms with Crippen LogP contribution in [0.2, 0.25) is 0 Å². The van der Waals surface area contributed by atoms with Gasteiger partial charge >= 0.3 is 11.9 Å². The van der Waals surface area contributed by atoms with Crippen molar-refractivity contribution in [2.24, 2.45) is 17.6 Å². The van der Waals surface area contributed by atoms with Gasteiger partial charge in [0, 0.05) is 26.3 Å². The quantitative estimate of drug-likeness (QED) is 0.0682. The number of aliphatic carboxylic acids is 1. The summed E-state index contributed by atoms with van der Waals surface area (Å²) in [6, 6.07) is -4.06. The number of phenols is 1. The van der Waals surface area contributed by atoms with E-state index in [1.165, 1.54) is 26.1 Å². The summed E-state index contributed by atoms with van der Waals surface area (Å²) < 4.78 is 5.85. The van der Waals surface area contributed by atoms with Gasteiger partial charge in [0.05, 0.1) is 0 Å². The number of aromatic hydroxyl groups is 1. The maximum atomic E-state index is 14.8. The number of nitrogens with zero attached hydrogens (tertiary/aromatic N) is 2. The Hall–Kier alpha value is -5.83. The first kappa shape index (κ1) is 56.5. The summed E-state index contributed by atoms with van der Waals surface area (Å²) in [5.74, 6) is -8.90. The molecule has 380 valence electrons. The zero-order valence-corrected chi connectivity index (χ0v) is 40.5. The third-order valence-electron chi connectivity index (χ3n) is 12.2. The SMILES string of the molecule is CCCCCC(=O)NC(CCC(=O)O)C(=O)NC1C(=O)NC(CCCCN)C(=O)NC2CCC(O)N(C2=O)C(CC(C)C)C(=O)N(C)C(Cc2ccc(O)cc2)C(=O)NC(C(C)C)C(=O)OC1C. The van der Waals surface area contributed by atoms with Crippen LogP contribution in [0.3, 0.4) is 0 Å². The maximum Gasteiger partial charge on any atom is 0.329 e. The molecule has 1 aromatic carbocycles. The van der Waals surface area contributed by atoms with E-state index in [2.05, 4.69) is 26.6 Å². The van der Waals surface area contributed by atoms with Crippen molar-refractivity contribution in [1.29, 1.82) is 0 Å². The Morgan fingerprint density at radius 1 is 0.868 bits per heavy atom. The summed E-state index contributed by atoms with van der Waals surface area (Å²) in [7, 11) is 1.36. The molecule has 2 aliphatic rings. The number of phenolic OH excluding ortho intramolecular Hbond substituents is 1. The minimum absolute atomic E-state index is 0.00492. The molecule has 21 heteroatoms. The van der Waals surface area contributed by atoms with Crippen LogP contribution in [0.25, 0.3) is 0 Å². The number of piperidine rings is 1. The van der Waals surface area contributed by atoms with Crippen molar-refractivity contribution in [2.75, 3.05) is 13.6 Å². The monoisotopic (exact) mass is 959 g/mol. The molecule has 0 saturated carbocycles. The van der Waals surface area contributed by atoms with Gasteiger partial charge in [-0.15, -0.1) is 0 Å². The average molecular weight is 959 g/mol. The lowest BCUT2D eigenvalue weighted by molar-refractivity contribution is -0.166. The molecule has 0 aromatic heterocycles. The van der Waals surface area contributed by atoms with Crippen LogP contribution in [0.5, 0.6) is 5.75 Å². The van der Waals surface area contributed by atoms with Crippen LogP contribution in [0, 0.1) is 11.8 Å². The van der Waals surface area contributed by atoms with Crippen LogP contribution in [0.4, 0.5) is 0 Å². The number of esters is 1. The van der Waals surface area contributed by atoms with Gasteiger partial charge in [-0.2, -0.15) is 0 Å². The predicted molar refractivity (Wildman–Crippen MR) is 248 cm³/mol. The van der Waals surface area contributed by atoms with E-state index in [4.69, 9.17) is 10.5 Å². The number of nitrogens with one attached hydrogen (secondary N) is 5. The number of ether oxygens (including phenoxy) is 1. The molecule has 0 aliphatic carbocycles. The highest BCUT2D eigenvalue weighted by molar-refractivity contribution is 5.98. The number of rotatable bonds is 19. The van der Waals surface area contributed by atoms with Gasteiger partial charge < -0.3 is 62.2 Å². The highest BCUT2D eigenvalue weighted by Crippen LogP contribution is 2.26. The molecule has 3 rings (SSSR count). The molecule has 2 saturated heterocycles. The van der Waals surface area contributed by atoms with E-state index in [0.29, 0.717) is 24.8 Å². The molecule has 2 bridgehead atoms. The van der Waals surface area contributed by atoms with Crippen LogP contribution < -0.4 is 32.3 Å². The fraction of sp³-hybridized carbons (Fsp3) is 0.681. The Bertz CT molecular complexity index is 1910. The van der Waals surface area contributed by atoms with E-state index in [1.807, 2.05) is 20.8 Å². The van der Waals surface area contributed by atoms with Crippen molar-refractivity contribution in [3.8, 4) is 5.75 Å². The molecule has 1 aromatic rings. The van der Waals surface area contributed by atoms with Gasteiger partial charge in [0.2, 0.25) is 41.4 Å². The number of amides is 7. The normalized spacial score (nSPS) is 25.0. The van der Waals surface area contributed by atoms with E-state index in [9.17, 15) is 58.5 Å². The number of hydrogen-bond donors (Lipinski definition) is 9. The third kappa shape index (κ3) is 16.7. The number of fused-ring (bicyclic) bond motifs is 2. The standard InChI is InChI=1S/C47H74N8O13/c1-8-9-10-14-36(57)49-32(20-22-38(59)60)42(62)53-40-28(6)68-47(67)39(27(4)5)52-43(63)34(25-29-15-17-30(56)18-16-29)54(7)46(66)35(24-26(2)3)55-37(58)21-19-33(45(55)65)51-41(61)31(50-44(40)64)13-11-12-23-48/h15-18,26-28,31-35,37,39-40,56,58H,8-14,19-25,48H2,1-7H3,(H,49,57)(H,50,64)(H,51,61)(H,52,63)(H,53,62)(H,59,60). The smallest absolute Gasteiger partial charge is 0.329 e. The summed E-state index contributed by atoms with van der Waals surface area (Å²) in [6.45, 7) is 10.3. The van der Waals surface area contributed by atoms with Gasteiger partial charge in [-0.25, -0.2) is 4.79 Å². The van der Waals surface area contributed by atoms with Crippen LogP contribution >= 0.6 is 0 Å². The topological polar surface area (TPSA) is 316 Å². The molecule has 0 spiro atoms. The van der Waals surface area contributed by atoms with Crippen molar-refractivity contribution in [3.63, 3.8) is 0 Å². The number of aliphatic hydroxyl groups excluding tert-OH is 1. The number of benzene rings is 1. The molecular formula is C47H74N8O13. The van der Waals surface area contributed by atoms with Crippen molar-refractivity contribution in [2.45, 2.75) is 180 Å². The van der Waals surface area contributed by atoms with E-state index in [-0.39, 0.29) is 63.2 Å². The van der Waals surface area contributed by atoms with Gasteiger partial charge in [-0.1, -0.05) is 59.6 Å². The first-order chi connectivity index (χ1) is 32.1. The van der Waals surface area contributed by atoms with Crippen LogP contribution in [-0.4, -0.2) is 147 Å². The Labute approximate surface area is 398 Å². The second-order valence-corrected chi connectivity index (χ2v) is 18.6. The lowest BCUT2D eigenvalue weighted by Gasteiger charge is -2.43. The number of carboxylic acid groups (broad SMARTS) is 1. The molecular weight excluding hydrogens is 885 g/mol. The largest absolute Gasteiger partial charge is 0.508 e. The van der Waals surface area contributed by atoms with Gasteiger partial charge in [0.25, 0.3) is 0 Å². The van der Waals surface area contributed by atoms with E-state index >= 15 is 0 Å². The summed E-state index contributed by atoms with van der Waals surface area (Å²) in [6.07, 6.45) is -1.24. The highest BCUT2D eigenvalue weighted by Gasteiger charge is 2.46. The van der Waals surface area contributed by atoms with E-state index in [0.717, 1.165) is 22.6 Å². The summed E-state index contributed by atoms with van der Waals surface area (Å²) in [4.78, 5) is 127. The number of carbonyl (C=O) groups excluding carboxylic acids is 8. The Balaban J connectivity index is 2.22. The zero-order valence-electron chi connectivity index (χ0n) is 40.5. The van der Waals surface area contributed by atoms with Crippen LogP contribution in [-0.2, 0) is 54.3 Å². The molecule has 2 heterocycles. The second-order valence-electron chi connectivity index (χ2n) is 18.6. The minimum atomic E-state index is -1.78.